The minimum Gasteiger partial charge on any atom is -0.357 e. The van der Waals surface area contributed by atoms with Crippen LogP contribution in [0.15, 0.2) is 24.8 Å². The zero-order valence-corrected chi connectivity index (χ0v) is 7.82. The van der Waals surface area contributed by atoms with Crippen molar-refractivity contribution in [2.75, 3.05) is 0 Å². The summed E-state index contributed by atoms with van der Waals surface area (Å²) in [5.41, 5.74) is 3.15. The first-order chi connectivity index (χ1) is 7.36. The molecule has 0 bridgehead atoms. The average molecular weight is 200 g/mol. The first-order valence-corrected chi connectivity index (χ1v) is 4.61. The molecule has 2 aromatic rings. The first kappa shape index (κ1) is 8.16. The van der Waals surface area contributed by atoms with E-state index >= 15 is 0 Å². The van der Waals surface area contributed by atoms with Crippen molar-refractivity contribution in [1.29, 1.82) is 0 Å². The van der Waals surface area contributed by atoms with Gasteiger partial charge < -0.3 is 10.3 Å². The Morgan fingerprint density at radius 3 is 3.27 bits per heavy atom. The molecule has 74 valence electrons. The van der Waals surface area contributed by atoms with Gasteiger partial charge in [-0.05, 0) is 6.07 Å². The monoisotopic (exact) mass is 200 g/mol. The van der Waals surface area contributed by atoms with Gasteiger partial charge in [0.2, 0.25) is 0 Å². The minimum absolute atomic E-state index is 0.104. The molecule has 5 nitrogen and oxygen atoms in total. The molecule has 5 heteroatoms. The van der Waals surface area contributed by atoms with Gasteiger partial charge in [-0.1, -0.05) is 0 Å². The summed E-state index contributed by atoms with van der Waals surface area (Å²) in [6, 6.07) is 1.85. The number of nitrogens with zero attached hydrogens (tertiary/aromatic N) is 2. The number of nitrogens with one attached hydrogen (secondary N) is 2. The summed E-state index contributed by atoms with van der Waals surface area (Å²) in [4.78, 5) is 22.7. The molecule has 0 unspecified atom stereocenters. The van der Waals surface area contributed by atoms with E-state index in [-0.39, 0.29) is 5.91 Å². The van der Waals surface area contributed by atoms with Gasteiger partial charge in [-0.3, -0.25) is 4.79 Å². The molecule has 0 aliphatic carbocycles. The molecule has 3 rings (SSSR count). The van der Waals surface area contributed by atoms with Crippen LogP contribution in [0.3, 0.4) is 0 Å². The normalized spacial score (nSPS) is 13.7. The highest BCUT2D eigenvalue weighted by Gasteiger charge is 2.21. The highest BCUT2D eigenvalue weighted by molar-refractivity contribution is 6.00. The van der Waals surface area contributed by atoms with Crippen LogP contribution in [-0.4, -0.2) is 20.9 Å². The van der Waals surface area contributed by atoms with Crippen LogP contribution in [-0.2, 0) is 6.54 Å². The van der Waals surface area contributed by atoms with Crippen LogP contribution in [0.1, 0.15) is 16.1 Å². The maximum Gasteiger partial charge on any atom is 0.268 e. The van der Waals surface area contributed by atoms with Gasteiger partial charge >= 0.3 is 0 Å². The van der Waals surface area contributed by atoms with Crippen molar-refractivity contribution in [1.82, 2.24) is 20.3 Å². The number of hydrogen-bond acceptors (Lipinski definition) is 3. The van der Waals surface area contributed by atoms with Gasteiger partial charge in [-0.25, -0.2) is 9.97 Å². The van der Waals surface area contributed by atoms with Crippen LogP contribution < -0.4 is 5.32 Å². The van der Waals surface area contributed by atoms with Crippen LogP contribution in [0.5, 0.6) is 0 Å². The average Bonchev–Trinajstić information content (AvgIpc) is 2.71. The standard InChI is InChI=1S/C10H8N4O/c15-10-9-7(1-2-12-9)8-6(4-13-10)3-11-5-14-8/h1-3,5,12H,4H2,(H,13,15). The molecule has 0 saturated heterocycles. The van der Waals surface area contributed by atoms with Crippen molar-refractivity contribution >= 4 is 5.91 Å². The van der Waals surface area contributed by atoms with Crippen molar-refractivity contribution in [3.8, 4) is 11.3 Å². The van der Waals surface area contributed by atoms with Gasteiger partial charge in [-0.2, -0.15) is 0 Å². The second-order valence-electron chi connectivity index (χ2n) is 3.35. The Hall–Kier alpha value is -2.17. The Balaban J connectivity index is 2.31. The van der Waals surface area contributed by atoms with Crippen LogP contribution >= 0.6 is 0 Å². The Kier molecular flexibility index (Phi) is 1.58. The smallest absolute Gasteiger partial charge is 0.268 e. The van der Waals surface area contributed by atoms with Gasteiger partial charge in [0.25, 0.3) is 5.91 Å². The maximum absolute atomic E-state index is 11.6. The second kappa shape index (κ2) is 2.91. The SMILES string of the molecule is O=C1NCc2cncnc2-c2cc[nH]c21. The number of fused-ring (bicyclic) bond motifs is 3. The topological polar surface area (TPSA) is 70.7 Å². The number of hydrogen-bond donors (Lipinski definition) is 2. The summed E-state index contributed by atoms with van der Waals surface area (Å²) in [6.45, 7) is 0.470. The zero-order valence-electron chi connectivity index (χ0n) is 7.82. The lowest BCUT2D eigenvalue weighted by Crippen LogP contribution is -2.21. The van der Waals surface area contributed by atoms with Crippen molar-refractivity contribution < 1.29 is 4.79 Å². The van der Waals surface area contributed by atoms with Gasteiger partial charge in [-0.15, -0.1) is 0 Å². The van der Waals surface area contributed by atoms with Crippen molar-refractivity contribution in [2.45, 2.75) is 6.54 Å². The number of carbonyl (C=O) groups is 1. The molecule has 2 N–H and O–H groups in total. The fourth-order valence-electron chi connectivity index (χ4n) is 1.75. The van der Waals surface area contributed by atoms with Crippen molar-refractivity contribution in [2.24, 2.45) is 0 Å². The second-order valence-corrected chi connectivity index (χ2v) is 3.35. The Morgan fingerprint density at radius 1 is 1.40 bits per heavy atom. The third kappa shape index (κ3) is 1.13. The predicted octanol–water partition coefficient (Wildman–Crippen LogP) is 0.715. The molecule has 0 atom stereocenters. The van der Waals surface area contributed by atoms with E-state index in [0.717, 1.165) is 16.8 Å². The summed E-state index contributed by atoms with van der Waals surface area (Å²) >= 11 is 0. The molecule has 15 heavy (non-hydrogen) atoms. The summed E-state index contributed by atoms with van der Waals surface area (Å²) < 4.78 is 0. The minimum atomic E-state index is -0.104. The summed E-state index contributed by atoms with van der Waals surface area (Å²) in [6.07, 6.45) is 4.96. The Bertz CT molecular complexity index is 532. The van der Waals surface area contributed by atoms with Gasteiger partial charge in [0.1, 0.15) is 12.0 Å². The van der Waals surface area contributed by atoms with Crippen molar-refractivity contribution in [3.63, 3.8) is 0 Å². The van der Waals surface area contributed by atoms with E-state index in [1.807, 2.05) is 6.07 Å². The number of aromatic nitrogens is 3. The number of rotatable bonds is 0. The van der Waals surface area contributed by atoms with E-state index in [0.29, 0.717) is 12.2 Å². The van der Waals surface area contributed by atoms with Crippen LogP contribution in [0, 0.1) is 0 Å². The molecule has 1 aliphatic rings. The molecule has 0 fully saturated rings. The highest BCUT2D eigenvalue weighted by atomic mass is 16.1. The molecular weight excluding hydrogens is 192 g/mol. The molecule has 1 amide bonds. The van der Waals surface area contributed by atoms with E-state index in [2.05, 4.69) is 20.3 Å². The molecule has 0 saturated carbocycles. The van der Waals surface area contributed by atoms with Gasteiger partial charge in [0.15, 0.2) is 0 Å². The lowest BCUT2D eigenvalue weighted by molar-refractivity contribution is 0.0948. The third-order valence-corrected chi connectivity index (χ3v) is 2.46. The van der Waals surface area contributed by atoms with E-state index < -0.39 is 0 Å². The van der Waals surface area contributed by atoms with E-state index in [4.69, 9.17) is 0 Å². The third-order valence-electron chi connectivity index (χ3n) is 2.46. The predicted molar refractivity (Wildman–Crippen MR) is 53.0 cm³/mol. The quantitative estimate of drug-likeness (QED) is 0.658. The number of aromatic amines is 1. The van der Waals surface area contributed by atoms with Crippen LogP contribution in [0.2, 0.25) is 0 Å². The summed E-state index contributed by atoms with van der Waals surface area (Å²) in [5, 5.41) is 2.79. The van der Waals surface area contributed by atoms with E-state index in [1.54, 1.807) is 12.4 Å². The lowest BCUT2D eigenvalue weighted by atomic mass is 10.1. The van der Waals surface area contributed by atoms with Gasteiger partial charge in [0.05, 0.1) is 5.69 Å². The summed E-state index contributed by atoms with van der Waals surface area (Å²) in [5.74, 6) is -0.104. The number of H-pyrrole nitrogens is 1. The Morgan fingerprint density at radius 2 is 2.33 bits per heavy atom. The molecule has 1 aliphatic heterocycles. The fourth-order valence-corrected chi connectivity index (χ4v) is 1.75. The molecule has 2 aromatic heterocycles. The maximum atomic E-state index is 11.6. The molecule has 0 radical (unpaired) electrons. The largest absolute Gasteiger partial charge is 0.357 e. The zero-order chi connectivity index (χ0) is 10.3. The van der Waals surface area contributed by atoms with Crippen LogP contribution in [0.4, 0.5) is 0 Å². The van der Waals surface area contributed by atoms with Gasteiger partial charge in [0, 0.05) is 30.1 Å². The molecule has 0 spiro atoms. The number of carbonyl (C=O) groups excluding carboxylic acids is 1. The van der Waals surface area contributed by atoms with E-state index in [9.17, 15) is 4.79 Å². The highest BCUT2D eigenvalue weighted by Crippen LogP contribution is 2.26. The molecular formula is C10H8N4O. The number of amides is 1. The lowest BCUT2D eigenvalue weighted by Gasteiger charge is -2.01. The van der Waals surface area contributed by atoms with Crippen molar-refractivity contribution in [3.05, 3.63) is 36.0 Å². The van der Waals surface area contributed by atoms with Crippen LogP contribution in [0.25, 0.3) is 11.3 Å². The van der Waals surface area contributed by atoms with E-state index in [1.165, 1.54) is 6.33 Å². The fraction of sp³-hybridized carbons (Fsp3) is 0.100. The molecule has 0 aromatic carbocycles. The Labute approximate surface area is 85.6 Å². The summed E-state index contributed by atoms with van der Waals surface area (Å²) in [7, 11) is 0. The molecule has 3 heterocycles. The first-order valence-electron chi connectivity index (χ1n) is 4.61.